The number of aromatic nitrogens is 1. The molecule has 21 heavy (non-hydrogen) atoms. The predicted molar refractivity (Wildman–Crippen MR) is 75.8 cm³/mol. The number of nitrogens with one attached hydrogen (secondary N) is 1. The maximum Gasteiger partial charge on any atom is 0.317 e. The third-order valence-corrected chi connectivity index (χ3v) is 4.24. The number of hydrogen-bond acceptors (Lipinski definition) is 4. The Morgan fingerprint density at radius 1 is 1.33 bits per heavy atom. The molecule has 0 bridgehead atoms. The lowest BCUT2D eigenvalue weighted by atomic mass is 9.98. The molecule has 2 N–H and O–H groups in total. The second kappa shape index (κ2) is 5.81. The fourth-order valence-corrected chi connectivity index (χ4v) is 3.13. The first kappa shape index (κ1) is 14.0. The van der Waals surface area contributed by atoms with Gasteiger partial charge in [-0.1, -0.05) is 6.07 Å². The Labute approximate surface area is 123 Å². The normalized spacial score (nSPS) is 25.7. The maximum absolute atomic E-state index is 12.2. The molecule has 0 unspecified atom stereocenters. The molecule has 0 aromatic carbocycles. The molecule has 6 nitrogen and oxygen atoms in total. The van der Waals surface area contributed by atoms with Crippen molar-refractivity contribution >= 4 is 11.9 Å². The van der Waals surface area contributed by atoms with Gasteiger partial charge in [0.25, 0.3) is 5.91 Å². The number of carbonyl (C=O) groups is 2. The summed E-state index contributed by atoms with van der Waals surface area (Å²) in [7, 11) is 0. The van der Waals surface area contributed by atoms with Crippen LogP contribution in [0.4, 0.5) is 0 Å². The van der Waals surface area contributed by atoms with Gasteiger partial charge in [0.2, 0.25) is 0 Å². The molecule has 1 aromatic rings. The minimum Gasteiger partial charge on any atom is -0.480 e. The van der Waals surface area contributed by atoms with Crippen molar-refractivity contribution in [3.8, 4) is 0 Å². The SMILES string of the molecule is O=C(O)CN1C[C@@H](NC(=O)c2ccccn2)[C@H](C2CC2)C1. The first-order chi connectivity index (χ1) is 10.1. The number of carboxylic acid groups (broad SMARTS) is 1. The van der Waals surface area contributed by atoms with Crippen molar-refractivity contribution in [2.24, 2.45) is 11.8 Å². The number of aliphatic carboxylic acids is 1. The van der Waals surface area contributed by atoms with E-state index in [1.54, 1.807) is 24.4 Å². The Hall–Kier alpha value is -1.95. The van der Waals surface area contributed by atoms with E-state index >= 15 is 0 Å². The molecular formula is C15H19N3O3. The van der Waals surface area contributed by atoms with Gasteiger partial charge in [-0.15, -0.1) is 0 Å². The summed E-state index contributed by atoms with van der Waals surface area (Å²) in [5.74, 6) is -0.0143. The highest BCUT2D eigenvalue weighted by Gasteiger charge is 2.43. The zero-order chi connectivity index (χ0) is 14.8. The van der Waals surface area contributed by atoms with Crippen LogP contribution in [0.15, 0.2) is 24.4 Å². The summed E-state index contributed by atoms with van der Waals surface area (Å²) in [4.78, 5) is 29.0. The van der Waals surface area contributed by atoms with Gasteiger partial charge in [-0.3, -0.25) is 19.5 Å². The van der Waals surface area contributed by atoms with Crippen LogP contribution in [0.1, 0.15) is 23.3 Å². The van der Waals surface area contributed by atoms with Crippen LogP contribution < -0.4 is 5.32 Å². The monoisotopic (exact) mass is 289 g/mol. The molecule has 0 radical (unpaired) electrons. The lowest BCUT2D eigenvalue weighted by Gasteiger charge is -2.19. The first-order valence-electron chi connectivity index (χ1n) is 7.29. The number of carbonyl (C=O) groups excluding carboxylic acids is 1. The largest absolute Gasteiger partial charge is 0.480 e. The lowest BCUT2D eigenvalue weighted by Crippen LogP contribution is -2.41. The van der Waals surface area contributed by atoms with E-state index in [0.29, 0.717) is 24.1 Å². The summed E-state index contributed by atoms with van der Waals surface area (Å²) >= 11 is 0. The highest BCUT2D eigenvalue weighted by molar-refractivity contribution is 5.92. The van der Waals surface area contributed by atoms with Crippen LogP contribution in [0.25, 0.3) is 0 Å². The second-order valence-electron chi connectivity index (χ2n) is 5.88. The van der Waals surface area contributed by atoms with E-state index in [9.17, 15) is 9.59 Å². The summed E-state index contributed by atoms with van der Waals surface area (Å²) in [5.41, 5.74) is 0.406. The first-order valence-corrected chi connectivity index (χ1v) is 7.29. The molecule has 2 aliphatic rings. The van der Waals surface area contributed by atoms with Crippen molar-refractivity contribution < 1.29 is 14.7 Å². The van der Waals surface area contributed by atoms with Crippen LogP contribution in [0.2, 0.25) is 0 Å². The fraction of sp³-hybridized carbons (Fsp3) is 0.533. The number of amides is 1. The molecule has 2 heterocycles. The molecule has 112 valence electrons. The van der Waals surface area contributed by atoms with Gasteiger partial charge in [0.15, 0.2) is 0 Å². The Bertz CT molecular complexity index is 530. The molecule has 2 fully saturated rings. The van der Waals surface area contributed by atoms with Crippen LogP contribution in [0.3, 0.4) is 0 Å². The Morgan fingerprint density at radius 3 is 2.76 bits per heavy atom. The molecule has 2 atom stereocenters. The van der Waals surface area contributed by atoms with Gasteiger partial charge in [0.1, 0.15) is 5.69 Å². The molecule has 3 rings (SSSR count). The van der Waals surface area contributed by atoms with Crippen molar-refractivity contribution in [1.82, 2.24) is 15.2 Å². The summed E-state index contributed by atoms with van der Waals surface area (Å²) < 4.78 is 0. The number of likely N-dealkylation sites (tertiary alicyclic amines) is 1. The van der Waals surface area contributed by atoms with Crippen LogP contribution in [0.5, 0.6) is 0 Å². The topological polar surface area (TPSA) is 82.5 Å². The minimum atomic E-state index is -0.818. The van der Waals surface area contributed by atoms with Gasteiger partial charge < -0.3 is 10.4 Å². The van der Waals surface area contributed by atoms with Crippen LogP contribution >= 0.6 is 0 Å². The number of nitrogens with zero attached hydrogens (tertiary/aromatic N) is 2. The Balaban J connectivity index is 1.65. The molecule has 1 aliphatic carbocycles. The zero-order valence-corrected chi connectivity index (χ0v) is 11.7. The van der Waals surface area contributed by atoms with E-state index in [0.717, 1.165) is 6.54 Å². The van der Waals surface area contributed by atoms with Crippen LogP contribution in [-0.2, 0) is 4.79 Å². The molecule has 1 aliphatic heterocycles. The van der Waals surface area contributed by atoms with Crippen molar-refractivity contribution in [2.45, 2.75) is 18.9 Å². The minimum absolute atomic E-state index is 0.0198. The summed E-state index contributed by atoms with van der Waals surface area (Å²) in [6.45, 7) is 1.40. The van der Waals surface area contributed by atoms with Gasteiger partial charge in [-0.2, -0.15) is 0 Å². The highest BCUT2D eigenvalue weighted by atomic mass is 16.4. The molecule has 0 spiro atoms. The number of carboxylic acids is 1. The molecule has 1 amide bonds. The Kier molecular flexibility index (Phi) is 3.88. The van der Waals surface area contributed by atoms with Crippen LogP contribution in [-0.4, -0.2) is 52.5 Å². The summed E-state index contributed by atoms with van der Waals surface area (Å²) in [5, 5.41) is 12.0. The van der Waals surface area contributed by atoms with E-state index < -0.39 is 5.97 Å². The third kappa shape index (κ3) is 3.39. The van der Waals surface area contributed by atoms with Crippen molar-refractivity contribution in [3.05, 3.63) is 30.1 Å². The smallest absolute Gasteiger partial charge is 0.317 e. The van der Waals surface area contributed by atoms with E-state index in [2.05, 4.69) is 10.3 Å². The van der Waals surface area contributed by atoms with Crippen LogP contribution in [0, 0.1) is 11.8 Å². The zero-order valence-electron chi connectivity index (χ0n) is 11.7. The third-order valence-electron chi connectivity index (χ3n) is 4.24. The van der Waals surface area contributed by atoms with Gasteiger partial charge in [-0.25, -0.2) is 0 Å². The fourth-order valence-electron chi connectivity index (χ4n) is 3.13. The number of hydrogen-bond donors (Lipinski definition) is 2. The average Bonchev–Trinajstić information content (AvgIpc) is 3.23. The summed E-state index contributed by atoms with van der Waals surface area (Å²) in [6, 6.07) is 5.26. The molecule has 6 heteroatoms. The Morgan fingerprint density at radius 2 is 2.14 bits per heavy atom. The molecule has 1 saturated heterocycles. The molecule has 1 saturated carbocycles. The predicted octanol–water partition coefficient (Wildman–Crippen LogP) is 0.606. The standard InChI is InChI=1S/C15H19N3O3/c19-14(20)9-18-7-11(10-4-5-10)13(8-18)17-15(21)12-3-1-2-6-16-12/h1-3,6,10-11,13H,4-5,7-9H2,(H,17,21)(H,19,20)/t11-,13+/m0/s1. The lowest BCUT2D eigenvalue weighted by molar-refractivity contribution is -0.138. The van der Waals surface area contributed by atoms with Gasteiger partial charge in [0.05, 0.1) is 6.54 Å². The molecular weight excluding hydrogens is 270 g/mol. The van der Waals surface area contributed by atoms with E-state index in [-0.39, 0.29) is 18.5 Å². The quantitative estimate of drug-likeness (QED) is 0.830. The van der Waals surface area contributed by atoms with Crippen molar-refractivity contribution in [2.75, 3.05) is 19.6 Å². The number of rotatable bonds is 5. The van der Waals surface area contributed by atoms with Crippen molar-refractivity contribution in [3.63, 3.8) is 0 Å². The van der Waals surface area contributed by atoms with E-state index in [1.165, 1.54) is 12.8 Å². The highest BCUT2D eigenvalue weighted by Crippen LogP contribution is 2.41. The second-order valence-corrected chi connectivity index (χ2v) is 5.88. The van der Waals surface area contributed by atoms with E-state index in [1.807, 2.05) is 4.90 Å². The molecule has 1 aromatic heterocycles. The van der Waals surface area contributed by atoms with Gasteiger partial charge in [-0.05, 0) is 36.8 Å². The van der Waals surface area contributed by atoms with Gasteiger partial charge >= 0.3 is 5.97 Å². The van der Waals surface area contributed by atoms with Gasteiger partial charge in [0, 0.05) is 25.3 Å². The van der Waals surface area contributed by atoms with E-state index in [4.69, 9.17) is 5.11 Å². The summed E-state index contributed by atoms with van der Waals surface area (Å²) in [6.07, 6.45) is 3.96. The average molecular weight is 289 g/mol. The maximum atomic E-state index is 12.2. The van der Waals surface area contributed by atoms with Crippen molar-refractivity contribution in [1.29, 1.82) is 0 Å². The number of pyridine rings is 1.